The summed E-state index contributed by atoms with van der Waals surface area (Å²) >= 11 is 0. The zero-order valence-electron chi connectivity index (χ0n) is 13.5. The number of carbonyl (C=O) groups is 2. The maximum Gasteiger partial charge on any atom is 0.407 e. The molecule has 0 aliphatic rings. The summed E-state index contributed by atoms with van der Waals surface area (Å²) in [7, 11) is 0. The molecule has 0 fully saturated rings. The van der Waals surface area contributed by atoms with E-state index in [4.69, 9.17) is 4.74 Å². The molecule has 0 saturated carbocycles. The molecule has 2 amide bonds. The van der Waals surface area contributed by atoms with E-state index in [0.717, 1.165) is 0 Å². The Bertz CT molecular complexity index is 539. The lowest BCUT2D eigenvalue weighted by Gasteiger charge is -2.19. The molecular formula is C16H23FN2O3. The Morgan fingerprint density at radius 1 is 1.23 bits per heavy atom. The van der Waals surface area contributed by atoms with Crippen LogP contribution in [0.25, 0.3) is 0 Å². The maximum absolute atomic E-state index is 13.4. The van der Waals surface area contributed by atoms with E-state index in [1.165, 1.54) is 6.07 Å². The molecule has 0 spiro atoms. The van der Waals surface area contributed by atoms with Crippen molar-refractivity contribution in [3.63, 3.8) is 0 Å². The van der Waals surface area contributed by atoms with Crippen LogP contribution in [0.1, 0.15) is 38.3 Å². The lowest BCUT2D eigenvalue weighted by atomic mass is 10.1. The summed E-state index contributed by atoms with van der Waals surface area (Å²) in [6, 6.07) is 4.83. The van der Waals surface area contributed by atoms with Crippen molar-refractivity contribution >= 4 is 12.0 Å². The zero-order valence-corrected chi connectivity index (χ0v) is 13.5. The van der Waals surface area contributed by atoms with Crippen molar-refractivity contribution in [2.75, 3.05) is 6.54 Å². The van der Waals surface area contributed by atoms with Gasteiger partial charge >= 0.3 is 6.09 Å². The highest BCUT2D eigenvalue weighted by molar-refractivity contribution is 5.77. The third-order valence-corrected chi connectivity index (χ3v) is 2.75. The van der Waals surface area contributed by atoms with E-state index >= 15 is 0 Å². The number of nitrogens with one attached hydrogen (secondary N) is 2. The average molecular weight is 310 g/mol. The van der Waals surface area contributed by atoms with Gasteiger partial charge < -0.3 is 15.4 Å². The number of carbonyl (C=O) groups excluding carboxylic acids is 2. The highest BCUT2D eigenvalue weighted by atomic mass is 19.1. The van der Waals surface area contributed by atoms with Crippen molar-refractivity contribution < 1.29 is 18.7 Å². The molecule has 0 radical (unpaired) electrons. The second kappa shape index (κ2) is 7.77. The summed E-state index contributed by atoms with van der Waals surface area (Å²) in [5.74, 6) is -0.518. The Balaban J connectivity index is 2.26. The smallest absolute Gasteiger partial charge is 0.407 e. The first-order valence-electron chi connectivity index (χ1n) is 7.16. The van der Waals surface area contributed by atoms with Crippen LogP contribution >= 0.6 is 0 Å². The summed E-state index contributed by atoms with van der Waals surface area (Å²) in [4.78, 5) is 23.0. The first-order chi connectivity index (χ1) is 10.2. The largest absolute Gasteiger partial charge is 0.444 e. The maximum atomic E-state index is 13.4. The quantitative estimate of drug-likeness (QED) is 0.878. The number of hydrogen-bond acceptors (Lipinski definition) is 3. The van der Waals surface area contributed by atoms with Gasteiger partial charge in [0.25, 0.3) is 0 Å². The molecule has 0 saturated heterocycles. The molecule has 0 unspecified atom stereocenters. The molecule has 0 atom stereocenters. The van der Waals surface area contributed by atoms with Gasteiger partial charge in [0.2, 0.25) is 5.91 Å². The van der Waals surface area contributed by atoms with Gasteiger partial charge in [-0.3, -0.25) is 4.79 Å². The highest BCUT2D eigenvalue weighted by Crippen LogP contribution is 2.09. The molecule has 6 heteroatoms. The van der Waals surface area contributed by atoms with Crippen LogP contribution in [0.3, 0.4) is 0 Å². The molecule has 2 N–H and O–H groups in total. The van der Waals surface area contributed by atoms with E-state index in [1.807, 2.05) is 0 Å². The molecule has 0 aromatic heterocycles. The number of benzene rings is 1. The summed E-state index contributed by atoms with van der Waals surface area (Å²) in [5.41, 5.74) is 0.690. The van der Waals surface area contributed by atoms with Crippen LogP contribution in [-0.4, -0.2) is 24.1 Å². The molecule has 0 aliphatic heterocycles. The Morgan fingerprint density at radius 3 is 2.50 bits per heavy atom. The number of aryl methyl sites for hydroxylation is 1. The zero-order chi connectivity index (χ0) is 16.8. The van der Waals surface area contributed by atoms with Crippen molar-refractivity contribution in [2.45, 2.75) is 46.3 Å². The molecular weight excluding hydrogens is 287 g/mol. The van der Waals surface area contributed by atoms with Crippen molar-refractivity contribution in [2.24, 2.45) is 0 Å². The molecule has 1 rings (SSSR count). The molecule has 22 heavy (non-hydrogen) atoms. The van der Waals surface area contributed by atoms with E-state index < -0.39 is 11.7 Å². The van der Waals surface area contributed by atoms with Crippen molar-refractivity contribution in [3.8, 4) is 0 Å². The lowest BCUT2D eigenvalue weighted by Crippen LogP contribution is -2.35. The second-order valence-corrected chi connectivity index (χ2v) is 6.04. The summed E-state index contributed by atoms with van der Waals surface area (Å²) in [6.45, 7) is 7.41. The van der Waals surface area contributed by atoms with Gasteiger partial charge in [0, 0.05) is 19.5 Å². The summed E-state index contributed by atoms with van der Waals surface area (Å²) in [6.07, 6.45) is -0.422. The van der Waals surface area contributed by atoms with Gasteiger partial charge in [0.05, 0.1) is 0 Å². The van der Waals surface area contributed by atoms with Crippen molar-refractivity contribution in [1.82, 2.24) is 10.6 Å². The minimum atomic E-state index is -0.568. The standard InChI is InChI=1S/C16H23FN2O3/c1-11-5-6-12(9-13(11)17)10-19-14(20)7-8-18-15(21)22-16(2,3)4/h5-6,9H,7-8,10H2,1-4H3,(H,18,21)(H,19,20). The van der Waals surface area contributed by atoms with Gasteiger partial charge in [-0.05, 0) is 44.9 Å². The van der Waals surface area contributed by atoms with Crippen LogP contribution in [0.2, 0.25) is 0 Å². The van der Waals surface area contributed by atoms with Gasteiger partial charge in [-0.25, -0.2) is 9.18 Å². The topological polar surface area (TPSA) is 67.4 Å². The van der Waals surface area contributed by atoms with Crippen LogP contribution < -0.4 is 10.6 Å². The first-order valence-corrected chi connectivity index (χ1v) is 7.16. The van der Waals surface area contributed by atoms with Gasteiger partial charge in [-0.15, -0.1) is 0 Å². The number of ether oxygens (including phenoxy) is 1. The number of hydrogen-bond donors (Lipinski definition) is 2. The van der Waals surface area contributed by atoms with Crippen LogP contribution in [0.5, 0.6) is 0 Å². The molecule has 1 aromatic carbocycles. The fourth-order valence-corrected chi connectivity index (χ4v) is 1.63. The van der Waals surface area contributed by atoms with E-state index in [2.05, 4.69) is 10.6 Å². The third-order valence-electron chi connectivity index (χ3n) is 2.75. The second-order valence-electron chi connectivity index (χ2n) is 6.04. The Labute approximate surface area is 130 Å². The van der Waals surface area contributed by atoms with Crippen molar-refractivity contribution in [3.05, 3.63) is 35.1 Å². The Kier molecular flexibility index (Phi) is 6.34. The Hall–Kier alpha value is -2.11. The molecule has 0 heterocycles. The predicted octanol–water partition coefficient (Wildman–Crippen LogP) is 2.67. The minimum absolute atomic E-state index is 0.133. The summed E-state index contributed by atoms with van der Waals surface area (Å²) < 4.78 is 18.4. The molecule has 122 valence electrons. The number of rotatable bonds is 5. The fourth-order valence-electron chi connectivity index (χ4n) is 1.63. The van der Waals surface area contributed by atoms with Crippen LogP contribution in [0, 0.1) is 12.7 Å². The SMILES string of the molecule is Cc1ccc(CNC(=O)CCNC(=O)OC(C)(C)C)cc1F. The molecule has 5 nitrogen and oxygen atoms in total. The van der Waals surface area contributed by atoms with E-state index in [9.17, 15) is 14.0 Å². The van der Waals surface area contributed by atoms with Crippen molar-refractivity contribution in [1.29, 1.82) is 0 Å². The first kappa shape index (κ1) is 17.9. The molecule has 0 aliphatic carbocycles. The lowest BCUT2D eigenvalue weighted by molar-refractivity contribution is -0.121. The average Bonchev–Trinajstić information content (AvgIpc) is 2.38. The molecule has 1 aromatic rings. The minimum Gasteiger partial charge on any atom is -0.444 e. The van der Waals surface area contributed by atoms with E-state index in [1.54, 1.807) is 39.8 Å². The fraction of sp³-hybridized carbons (Fsp3) is 0.500. The van der Waals surface area contributed by atoms with Crippen LogP contribution in [0.4, 0.5) is 9.18 Å². The van der Waals surface area contributed by atoms with Gasteiger partial charge in [-0.2, -0.15) is 0 Å². The highest BCUT2D eigenvalue weighted by Gasteiger charge is 2.15. The third kappa shape index (κ3) is 7.06. The monoisotopic (exact) mass is 310 g/mol. The normalized spacial score (nSPS) is 11.0. The predicted molar refractivity (Wildman–Crippen MR) is 81.8 cm³/mol. The number of alkyl carbamates (subject to hydrolysis) is 1. The Morgan fingerprint density at radius 2 is 1.91 bits per heavy atom. The van der Waals surface area contributed by atoms with E-state index in [-0.39, 0.29) is 31.2 Å². The summed E-state index contributed by atoms with van der Waals surface area (Å²) in [5, 5.41) is 5.17. The van der Waals surface area contributed by atoms with Crippen LogP contribution in [-0.2, 0) is 16.1 Å². The molecule has 0 bridgehead atoms. The number of halogens is 1. The number of amides is 2. The van der Waals surface area contributed by atoms with E-state index in [0.29, 0.717) is 11.1 Å². The van der Waals surface area contributed by atoms with Gasteiger partial charge in [-0.1, -0.05) is 12.1 Å². The van der Waals surface area contributed by atoms with Gasteiger partial charge in [0.15, 0.2) is 0 Å². The van der Waals surface area contributed by atoms with Crippen LogP contribution in [0.15, 0.2) is 18.2 Å². The van der Waals surface area contributed by atoms with Gasteiger partial charge in [0.1, 0.15) is 11.4 Å².